The van der Waals surface area contributed by atoms with Crippen molar-refractivity contribution in [2.45, 2.75) is 12.8 Å². The monoisotopic (exact) mass is 143 g/mol. The van der Waals surface area contributed by atoms with Crippen molar-refractivity contribution in [1.29, 1.82) is 0 Å². The molecule has 1 aromatic rings. The van der Waals surface area contributed by atoms with Crippen LogP contribution in [0.2, 0.25) is 0 Å². The lowest BCUT2D eigenvalue weighted by Gasteiger charge is -2.11. The first-order valence-corrected chi connectivity index (χ1v) is 3.98. The van der Waals surface area contributed by atoms with E-state index in [1.807, 2.05) is 0 Å². The van der Waals surface area contributed by atoms with Gasteiger partial charge in [-0.15, -0.1) is 0 Å². The molecule has 0 unspecified atom stereocenters. The lowest BCUT2D eigenvalue weighted by atomic mass is 9.94. The molecule has 1 aromatic carbocycles. The minimum atomic E-state index is 1.16. The molecule has 0 heterocycles. The second-order valence-corrected chi connectivity index (χ2v) is 2.93. The molecule has 0 bridgehead atoms. The van der Waals surface area contributed by atoms with Gasteiger partial charge in [-0.25, -0.2) is 0 Å². The van der Waals surface area contributed by atoms with E-state index in [1.54, 1.807) is 0 Å². The van der Waals surface area contributed by atoms with Crippen LogP contribution in [0.5, 0.6) is 0 Å². The molecule has 0 atom stereocenters. The third-order valence-corrected chi connectivity index (χ3v) is 2.17. The Balaban J connectivity index is 2.60. The molecule has 55 valence electrons. The van der Waals surface area contributed by atoms with Gasteiger partial charge in [-0.1, -0.05) is 30.4 Å². The summed E-state index contributed by atoms with van der Waals surface area (Å²) in [5, 5.41) is 0. The zero-order valence-corrected chi connectivity index (χ0v) is 6.51. The van der Waals surface area contributed by atoms with Gasteiger partial charge in [0.15, 0.2) is 0 Å². The van der Waals surface area contributed by atoms with Crippen LogP contribution in [0.3, 0.4) is 0 Å². The third kappa shape index (κ3) is 1.09. The number of hydrogen-bond acceptors (Lipinski definition) is 0. The van der Waals surface area contributed by atoms with E-state index in [1.165, 1.54) is 23.1 Å². The highest BCUT2D eigenvalue weighted by molar-refractivity contribution is 5.58. The molecule has 0 saturated heterocycles. The molecular formula is C11H11. The summed E-state index contributed by atoms with van der Waals surface area (Å²) in [6, 6.07) is 6.30. The van der Waals surface area contributed by atoms with E-state index in [2.05, 4.69) is 37.3 Å². The van der Waals surface area contributed by atoms with E-state index < -0.39 is 0 Å². The van der Waals surface area contributed by atoms with Crippen LogP contribution in [0.1, 0.15) is 23.1 Å². The molecule has 0 amide bonds. The number of allylic oxidation sites excluding steroid dienone is 1. The topological polar surface area (TPSA) is 0 Å². The summed E-state index contributed by atoms with van der Waals surface area (Å²) in [4.78, 5) is 0. The summed E-state index contributed by atoms with van der Waals surface area (Å²) in [5.41, 5.74) is 3.96. The van der Waals surface area contributed by atoms with Crippen molar-refractivity contribution in [3.63, 3.8) is 0 Å². The number of rotatable bonds is 0. The maximum absolute atomic E-state index is 4.00. The molecule has 11 heavy (non-hydrogen) atoms. The maximum Gasteiger partial charge on any atom is -0.0225 e. The van der Waals surface area contributed by atoms with E-state index in [4.69, 9.17) is 0 Å². The Labute approximate surface area is 67.6 Å². The average molecular weight is 143 g/mol. The highest BCUT2D eigenvalue weighted by Gasteiger charge is 2.04. The summed E-state index contributed by atoms with van der Waals surface area (Å²) in [6.07, 6.45) is 6.74. The molecular weight excluding hydrogens is 132 g/mol. The molecule has 0 spiro atoms. The molecule has 0 nitrogen and oxygen atoms in total. The van der Waals surface area contributed by atoms with Gasteiger partial charge in [-0.3, -0.25) is 0 Å². The van der Waals surface area contributed by atoms with E-state index in [0.29, 0.717) is 0 Å². The van der Waals surface area contributed by atoms with Crippen molar-refractivity contribution < 1.29 is 0 Å². The fraction of sp³-hybridized carbons (Fsp3) is 0.182. The van der Waals surface area contributed by atoms with Crippen molar-refractivity contribution in [3.8, 4) is 0 Å². The van der Waals surface area contributed by atoms with Crippen molar-refractivity contribution in [2.24, 2.45) is 0 Å². The Morgan fingerprint density at radius 2 is 2.18 bits per heavy atom. The maximum atomic E-state index is 4.00. The predicted molar refractivity (Wildman–Crippen MR) is 48.3 cm³/mol. The summed E-state index contributed by atoms with van der Waals surface area (Å²) < 4.78 is 0. The first-order valence-electron chi connectivity index (χ1n) is 3.98. The number of benzene rings is 1. The fourth-order valence-electron chi connectivity index (χ4n) is 1.55. The molecule has 2 rings (SSSR count). The second kappa shape index (κ2) is 2.54. The Hall–Kier alpha value is -1.04. The molecule has 1 aliphatic rings. The van der Waals surface area contributed by atoms with E-state index in [9.17, 15) is 0 Å². The summed E-state index contributed by atoms with van der Waals surface area (Å²) in [5.74, 6) is 0. The van der Waals surface area contributed by atoms with Gasteiger partial charge in [0.05, 0.1) is 0 Å². The van der Waals surface area contributed by atoms with Gasteiger partial charge in [0.25, 0.3) is 0 Å². The van der Waals surface area contributed by atoms with Crippen LogP contribution in [0.4, 0.5) is 0 Å². The lowest BCUT2D eigenvalue weighted by molar-refractivity contribution is 0.979. The summed E-state index contributed by atoms with van der Waals surface area (Å²) in [6.45, 7) is 4.00. The molecule has 1 radical (unpaired) electrons. The molecule has 0 aromatic heterocycles. The SMILES string of the molecule is [CH2]c1cccc2c1CCC=C2. The molecule has 0 N–H and O–H groups in total. The van der Waals surface area contributed by atoms with Crippen LogP contribution in [-0.4, -0.2) is 0 Å². The van der Waals surface area contributed by atoms with Crippen molar-refractivity contribution in [1.82, 2.24) is 0 Å². The van der Waals surface area contributed by atoms with E-state index in [0.717, 1.165) is 6.42 Å². The largest absolute Gasteiger partial charge is 0.0836 e. The van der Waals surface area contributed by atoms with E-state index in [-0.39, 0.29) is 0 Å². The third-order valence-electron chi connectivity index (χ3n) is 2.17. The first-order chi connectivity index (χ1) is 5.38. The number of hydrogen-bond donors (Lipinski definition) is 0. The van der Waals surface area contributed by atoms with Gasteiger partial charge in [-0.2, -0.15) is 0 Å². The summed E-state index contributed by atoms with van der Waals surface area (Å²) in [7, 11) is 0. The normalized spacial score (nSPS) is 14.6. The molecule has 0 heteroatoms. The minimum Gasteiger partial charge on any atom is -0.0836 e. The molecule has 0 fully saturated rings. The van der Waals surface area contributed by atoms with Gasteiger partial charge >= 0.3 is 0 Å². The van der Waals surface area contributed by atoms with E-state index >= 15 is 0 Å². The van der Waals surface area contributed by atoms with Gasteiger partial charge in [0.2, 0.25) is 0 Å². The minimum absolute atomic E-state index is 1.16. The Bertz CT molecular complexity index is 295. The zero-order chi connectivity index (χ0) is 7.68. The predicted octanol–water partition coefficient (Wildman–Crippen LogP) is 2.83. The lowest BCUT2D eigenvalue weighted by Crippen LogP contribution is -1.96. The quantitative estimate of drug-likeness (QED) is 0.524. The Kier molecular flexibility index (Phi) is 1.54. The number of fused-ring (bicyclic) bond motifs is 1. The van der Waals surface area contributed by atoms with Crippen LogP contribution in [-0.2, 0) is 6.42 Å². The van der Waals surface area contributed by atoms with Crippen molar-refractivity contribution >= 4 is 6.08 Å². The van der Waals surface area contributed by atoms with Gasteiger partial charge in [-0.05, 0) is 36.5 Å². The highest BCUT2D eigenvalue weighted by Crippen LogP contribution is 2.21. The Morgan fingerprint density at radius 3 is 3.00 bits per heavy atom. The van der Waals surface area contributed by atoms with Gasteiger partial charge in [0.1, 0.15) is 0 Å². The molecule has 0 aliphatic heterocycles. The smallest absolute Gasteiger partial charge is 0.0225 e. The van der Waals surface area contributed by atoms with Crippen LogP contribution < -0.4 is 0 Å². The fourth-order valence-corrected chi connectivity index (χ4v) is 1.55. The van der Waals surface area contributed by atoms with Gasteiger partial charge < -0.3 is 0 Å². The first kappa shape index (κ1) is 6.66. The van der Waals surface area contributed by atoms with Crippen LogP contribution in [0, 0.1) is 6.92 Å². The molecule has 1 aliphatic carbocycles. The zero-order valence-electron chi connectivity index (χ0n) is 6.51. The van der Waals surface area contributed by atoms with Gasteiger partial charge in [0, 0.05) is 0 Å². The summed E-state index contributed by atoms with van der Waals surface area (Å²) >= 11 is 0. The van der Waals surface area contributed by atoms with Crippen molar-refractivity contribution in [2.75, 3.05) is 0 Å². The van der Waals surface area contributed by atoms with Crippen LogP contribution in [0.25, 0.3) is 6.08 Å². The average Bonchev–Trinajstić information content (AvgIpc) is 2.06. The standard InChI is InChI=1S/C11H11/c1-9-5-4-7-10-6-2-3-8-11(9)10/h2,4-7H,1,3,8H2. The van der Waals surface area contributed by atoms with Crippen molar-refractivity contribution in [3.05, 3.63) is 47.9 Å². The van der Waals surface area contributed by atoms with Crippen LogP contribution >= 0.6 is 0 Å². The second-order valence-electron chi connectivity index (χ2n) is 2.93. The van der Waals surface area contributed by atoms with Crippen LogP contribution in [0.15, 0.2) is 24.3 Å². The molecule has 0 saturated carbocycles. The Morgan fingerprint density at radius 1 is 1.27 bits per heavy atom. The highest BCUT2D eigenvalue weighted by atomic mass is 14.1.